The molecule has 1 aliphatic rings. The maximum absolute atomic E-state index is 11.7. The van der Waals surface area contributed by atoms with Gasteiger partial charge in [0.05, 0.1) is 5.69 Å². The molecule has 25 heavy (non-hydrogen) atoms. The SMILES string of the molecule is CCN(C(C)=O)c1nc(CN2CCCCC2CNC(=O)CCN)cs1. The van der Waals surface area contributed by atoms with Gasteiger partial charge in [0.25, 0.3) is 0 Å². The van der Waals surface area contributed by atoms with Crippen molar-refractivity contribution in [3.05, 3.63) is 11.1 Å². The predicted octanol–water partition coefficient (Wildman–Crippen LogP) is 1.34. The number of carbonyl (C=O) groups excluding carboxylic acids is 2. The van der Waals surface area contributed by atoms with E-state index in [0.717, 1.165) is 30.3 Å². The lowest BCUT2D eigenvalue weighted by atomic mass is 10.0. The molecule has 2 amide bonds. The number of carbonyl (C=O) groups is 2. The average Bonchev–Trinajstić information content (AvgIpc) is 3.03. The van der Waals surface area contributed by atoms with Crippen molar-refractivity contribution in [2.45, 2.75) is 52.1 Å². The van der Waals surface area contributed by atoms with E-state index in [0.29, 0.717) is 32.1 Å². The highest BCUT2D eigenvalue weighted by atomic mass is 32.1. The summed E-state index contributed by atoms with van der Waals surface area (Å²) in [7, 11) is 0. The summed E-state index contributed by atoms with van der Waals surface area (Å²) in [6.45, 7) is 6.94. The summed E-state index contributed by atoms with van der Waals surface area (Å²) in [5.41, 5.74) is 6.41. The molecule has 0 spiro atoms. The Kier molecular flexibility index (Phi) is 7.80. The van der Waals surface area contributed by atoms with Crippen molar-refractivity contribution in [2.75, 3.05) is 31.1 Å². The molecule has 7 nitrogen and oxygen atoms in total. The second kappa shape index (κ2) is 9.84. The van der Waals surface area contributed by atoms with Crippen molar-refractivity contribution in [1.29, 1.82) is 0 Å². The van der Waals surface area contributed by atoms with Crippen LogP contribution in [0.15, 0.2) is 5.38 Å². The number of nitrogens with two attached hydrogens (primary N) is 1. The number of anilines is 1. The van der Waals surface area contributed by atoms with Crippen LogP contribution in [0, 0.1) is 0 Å². The van der Waals surface area contributed by atoms with Crippen LogP contribution in [-0.4, -0.2) is 53.9 Å². The van der Waals surface area contributed by atoms with Crippen LogP contribution in [0.5, 0.6) is 0 Å². The average molecular weight is 368 g/mol. The first kappa shape index (κ1) is 19.8. The number of nitrogens with one attached hydrogen (secondary N) is 1. The zero-order valence-electron chi connectivity index (χ0n) is 15.2. The third kappa shape index (κ3) is 5.76. The lowest BCUT2D eigenvalue weighted by Crippen LogP contribution is -2.46. The molecular formula is C17H29N5O2S. The van der Waals surface area contributed by atoms with Gasteiger partial charge in [0.1, 0.15) is 0 Å². The summed E-state index contributed by atoms with van der Waals surface area (Å²) in [5, 5.41) is 5.77. The fourth-order valence-corrected chi connectivity index (χ4v) is 4.07. The Morgan fingerprint density at radius 3 is 2.96 bits per heavy atom. The molecule has 1 aromatic heterocycles. The van der Waals surface area contributed by atoms with Gasteiger partial charge in [-0.3, -0.25) is 19.4 Å². The van der Waals surface area contributed by atoms with Gasteiger partial charge >= 0.3 is 0 Å². The van der Waals surface area contributed by atoms with Gasteiger partial charge < -0.3 is 11.1 Å². The fourth-order valence-electron chi connectivity index (χ4n) is 3.14. The molecule has 8 heteroatoms. The maximum Gasteiger partial charge on any atom is 0.225 e. The highest BCUT2D eigenvalue weighted by Crippen LogP contribution is 2.24. The molecule has 0 radical (unpaired) electrons. The number of nitrogens with zero attached hydrogens (tertiary/aromatic N) is 3. The van der Waals surface area contributed by atoms with E-state index in [9.17, 15) is 9.59 Å². The Hall–Kier alpha value is -1.51. The topological polar surface area (TPSA) is 91.6 Å². The summed E-state index contributed by atoms with van der Waals surface area (Å²) in [6.07, 6.45) is 3.80. The number of amides is 2. The second-order valence-electron chi connectivity index (χ2n) is 6.35. The third-order valence-electron chi connectivity index (χ3n) is 4.49. The molecule has 0 aliphatic carbocycles. The van der Waals surface area contributed by atoms with Crippen molar-refractivity contribution >= 4 is 28.3 Å². The minimum atomic E-state index is 0.0156. The lowest BCUT2D eigenvalue weighted by Gasteiger charge is -2.35. The third-order valence-corrected chi connectivity index (χ3v) is 5.40. The van der Waals surface area contributed by atoms with Crippen LogP contribution in [0.2, 0.25) is 0 Å². The van der Waals surface area contributed by atoms with Gasteiger partial charge in [-0.1, -0.05) is 6.42 Å². The van der Waals surface area contributed by atoms with E-state index in [1.807, 2.05) is 12.3 Å². The molecule has 3 N–H and O–H groups in total. The van der Waals surface area contributed by atoms with E-state index >= 15 is 0 Å². The first-order valence-corrected chi connectivity index (χ1v) is 9.86. The fraction of sp³-hybridized carbons (Fsp3) is 0.706. The smallest absolute Gasteiger partial charge is 0.225 e. The van der Waals surface area contributed by atoms with Gasteiger partial charge in [-0.2, -0.15) is 0 Å². The van der Waals surface area contributed by atoms with Gasteiger partial charge in [-0.25, -0.2) is 4.98 Å². The quantitative estimate of drug-likeness (QED) is 0.723. The van der Waals surface area contributed by atoms with Crippen molar-refractivity contribution in [1.82, 2.24) is 15.2 Å². The molecule has 1 saturated heterocycles. The Balaban J connectivity index is 1.95. The largest absolute Gasteiger partial charge is 0.354 e. The van der Waals surface area contributed by atoms with E-state index in [-0.39, 0.29) is 11.8 Å². The molecule has 2 rings (SSSR count). The van der Waals surface area contributed by atoms with Crippen LogP contribution in [0.1, 0.15) is 45.2 Å². The molecule has 0 saturated carbocycles. The van der Waals surface area contributed by atoms with E-state index in [1.54, 1.807) is 11.8 Å². The highest BCUT2D eigenvalue weighted by molar-refractivity contribution is 7.14. The van der Waals surface area contributed by atoms with Crippen LogP contribution in [0.4, 0.5) is 5.13 Å². The minimum absolute atomic E-state index is 0.0156. The number of rotatable bonds is 8. The monoisotopic (exact) mass is 367 g/mol. The van der Waals surface area contributed by atoms with E-state index in [4.69, 9.17) is 5.73 Å². The van der Waals surface area contributed by atoms with Gasteiger partial charge in [0, 0.05) is 50.9 Å². The van der Waals surface area contributed by atoms with E-state index in [2.05, 4.69) is 15.2 Å². The van der Waals surface area contributed by atoms with Crippen molar-refractivity contribution < 1.29 is 9.59 Å². The summed E-state index contributed by atoms with van der Waals surface area (Å²) >= 11 is 1.51. The maximum atomic E-state index is 11.7. The molecule has 1 aromatic rings. The van der Waals surface area contributed by atoms with E-state index < -0.39 is 0 Å². The molecule has 1 unspecified atom stereocenters. The summed E-state index contributed by atoms with van der Waals surface area (Å²) in [4.78, 5) is 32.0. The molecule has 0 aromatic carbocycles. The van der Waals surface area contributed by atoms with Crippen LogP contribution in [-0.2, 0) is 16.1 Å². The van der Waals surface area contributed by atoms with E-state index in [1.165, 1.54) is 24.2 Å². The predicted molar refractivity (Wildman–Crippen MR) is 101 cm³/mol. The Morgan fingerprint density at radius 1 is 1.48 bits per heavy atom. The van der Waals surface area contributed by atoms with Crippen LogP contribution >= 0.6 is 11.3 Å². The standard InChI is InChI=1S/C17H29N5O2S/c1-3-22(13(2)23)17-20-14(12-25-17)11-21-9-5-4-6-15(21)10-19-16(24)7-8-18/h12,15H,3-11,18H2,1-2H3,(H,19,24). The number of aromatic nitrogens is 1. The number of piperidine rings is 1. The summed E-state index contributed by atoms with van der Waals surface area (Å²) in [5.74, 6) is 0.0332. The van der Waals surface area contributed by atoms with Gasteiger partial charge in [0.2, 0.25) is 11.8 Å². The molecule has 0 bridgehead atoms. The van der Waals surface area contributed by atoms with Crippen molar-refractivity contribution in [3.63, 3.8) is 0 Å². The Morgan fingerprint density at radius 2 is 2.28 bits per heavy atom. The number of likely N-dealkylation sites (tertiary alicyclic amines) is 1. The van der Waals surface area contributed by atoms with Gasteiger partial charge in [-0.15, -0.1) is 11.3 Å². The summed E-state index contributed by atoms with van der Waals surface area (Å²) in [6, 6.07) is 0.329. The van der Waals surface area contributed by atoms with Crippen molar-refractivity contribution in [3.8, 4) is 0 Å². The normalized spacial score (nSPS) is 18.1. The Bertz CT molecular complexity index is 577. The van der Waals surface area contributed by atoms with Crippen LogP contribution < -0.4 is 16.0 Å². The zero-order chi connectivity index (χ0) is 18.2. The molecule has 1 fully saturated rings. The lowest BCUT2D eigenvalue weighted by molar-refractivity contribution is -0.121. The van der Waals surface area contributed by atoms with Crippen molar-refractivity contribution in [2.24, 2.45) is 5.73 Å². The second-order valence-corrected chi connectivity index (χ2v) is 7.18. The molecule has 2 heterocycles. The van der Waals surface area contributed by atoms with Gasteiger partial charge in [0.15, 0.2) is 5.13 Å². The molecule has 140 valence electrons. The van der Waals surface area contributed by atoms with Crippen LogP contribution in [0.3, 0.4) is 0 Å². The number of thiazole rings is 1. The minimum Gasteiger partial charge on any atom is -0.354 e. The summed E-state index contributed by atoms with van der Waals surface area (Å²) < 4.78 is 0. The molecular weight excluding hydrogens is 338 g/mol. The molecule has 1 aliphatic heterocycles. The molecule has 1 atom stereocenters. The number of hydrogen-bond acceptors (Lipinski definition) is 6. The number of hydrogen-bond donors (Lipinski definition) is 2. The first-order valence-electron chi connectivity index (χ1n) is 8.98. The van der Waals surface area contributed by atoms with Gasteiger partial charge in [-0.05, 0) is 26.3 Å². The highest BCUT2D eigenvalue weighted by Gasteiger charge is 2.24. The van der Waals surface area contributed by atoms with Crippen LogP contribution in [0.25, 0.3) is 0 Å². The zero-order valence-corrected chi connectivity index (χ0v) is 16.0. The first-order chi connectivity index (χ1) is 12.0. The Labute approximate surface area is 153 Å².